The molecule has 4 heteroatoms. The minimum Gasteiger partial charge on any atom is -0.387 e. The largest absolute Gasteiger partial charge is 0.387 e. The van der Waals surface area contributed by atoms with E-state index >= 15 is 0 Å². The van der Waals surface area contributed by atoms with Crippen molar-refractivity contribution in [2.75, 3.05) is 0 Å². The first-order chi connectivity index (χ1) is 8.14. The molecule has 0 heterocycles. The molecule has 0 bridgehead atoms. The van der Waals surface area contributed by atoms with Crippen molar-refractivity contribution in [2.45, 2.75) is 45.8 Å². The third-order valence-electron chi connectivity index (χ3n) is 2.72. The number of hydrogen-bond donors (Lipinski definition) is 2. The molecule has 18 heavy (non-hydrogen) atoms. The van der Waals surface area contributed by atoms with E-state index in [0.717, 1.165) is 0 Å². The van der Waals surface area contributed by atoms with Crippen LogP contribution in [-0.2, 0) is 4.84 Å². The van der Waals surface area contributed by atoms with Crippen LogP contribution >= 0.6 is 0 Å². The Morgan fingerprint density at radius 2 is 1.94 bits per heavy atom. The van der Waals surface area contributed by atoms with Gasteiger partial charge in [-0.1, -0.05) is 12.7 Å². The van der Waals surface area contributed by atoms with E-state index in [4.69, 9.17) is 10.1 Å². The average Bonchev–Trinajstić information content (AvgIpc) is 2.24. The number of aliphatic hydroxyl groups is 1. The second-order valence-electron chi connectivity index (χ2n) is 5.01. The van der Waals surface area contributed by atoms with Gasteiger partial charge in [0.2, 0.25) is 0 Å². The number of rotatable bonds is 6. The van der Waals surface area contributed by atoms with Crippen LogP contribution in [0.3, 0.4) is 0 Å². The fourth-order valence-corrected chi connectivity index (χ4v) is 0.823. The highest BCUT2D eigenvalue weighted by atomic mass is 16.7. The lowest BCUT2D eigenvalue weighted by Crippen LogP contribution is -2.49. The van der Waals surface area contributed by atoms with Crippen molar-refractivity contribution in [1.29, 1.82) is 5.26 Å². The van der Waals surface area contributed by atoms with Gasteiger partial charge < -0.3 is 5.11 Å². The predicted octanol–water partition coefficient (Wildman–Crippen LogP) is 2.60. The lowest BCUT2D eigenvalue weighted by atomic mass is 9.90. The van der Waals surface area contributed by atoms with Gasteiger partial charge in [-0.3, -0.25) is 10.3 Å². The lowest BCUT2D eigenvalue weighted by Gasteiger charge is -2.36. The van der Waals surface area contributed by atoms with Crippen LogP contribution in [0.25, 0.3) is 0 Å². The zero-order chi connectivity index (χ0) is 14.4. The Labute approximate surface area is 109 Å². The number of allylic oxidation sites excluding steroid dienone is 4. The molecule has 0 amide bonds. The lowest BCUT2D eigenvalue weighted by molar-refractivity contribution is -0.175. The topological polar surface area (TPSA) is 65.3 Å². The van der Waals surface area contributed by atoms with Gasteiger partial charge in [-0.25, -0.2) is 0 Å². The maximum atomic E-state index is 9.94. The number of nitrogens with zero attached hydrogens (tertiary/aromatic N) is 1. The van der Waals surface area contributed by atoms with Crippen molar-refractivity contribution in [3.8, 4) is 6.07 Å². The van der Waals surface area contributed by atoms with Crippen LogP contribution in [0.2, 0.25) is 0 Å². The zero-order valence-corrected chi connectivity index (χ0v) is 11.7. The smallest absolute Gasteiger partial charge is 0.118 e. The molecular weight excluding hydrogens is 228 g/mol. The summed E-state index contributed by atoms with van der Waals surface area (Å²) in [7, 11) is 0. The summed E-state index contributed by atoms with van der Waals surface area (Å²) in [5, 5.41) is 18.6. The van der Waals surface area contributed by atoms with E-state index < -0.39 is 11.2 Å². The van der Waals surface area contributed by atoms with Gasteiger partial charge in [-0.2, -0.15) is 5.26 Å². The van der Waals surface area contributed by atoms with E-state index in [9.17, 15) is 5.11 Å². The second-order valence-corrected chi connectivity index (χ2v) is 5.01. The van der Waals surface area contributed by atoms with E-state index in [1.807, 2.05) is 19.1 Å². The van der Waals surface area contributed by atoms with Crippen LogP contribution in [0.15, 0.2) is 36.1 Å². The van der Waals surface area contributed by atoms with E-state index in [1.165, 1.54) is 0 Å². The second kappa shape index (κ2) is 6.39. The van der Waals surface area contributed by atoms with E-state index in [0.29, 0.717) is 11.3 Å². The van der Waals surface area contributed by atoms with Gasteiger partial charge in [0.15, 0.2) is 0 Å². The summed E-state index contributed by atoms with van der Waals surface area (Å²) in [4.78, 5) is 5.48. The van der Waals surface area contributed by atoms with Gasteiger partial charge in [0.05, 0.1) is 17.4 Å². The van der Waals surface area contributed by atoms with Crippen molar-refractivity contribution in [3.63, 3.8) is 0 Å². The quantitative estimate of drug-likeness (QED) is 0.432. The molecule has 0 aromatic carbocycles. The normalized spacial score (nSPS) is 13.5. The Hall–Kier alpha value is -1.57. The van der Waals surface area contributed by atoms with Crippen molar-refractivity contribution in [3.05, 3.63) is 36.1 Å². The molecule has 0 fully saturated rings. The fourth-order valence-electron chi connectivity index (χ4n) is 0.823. The highest BCUT2D eigenvalue weighted by molar-refractivity contribution is 5.35. The van der Waals surface area contributed by atoms with Crippen LogP contribution < -0.4 is 5.48 Å². The number of hydroxylamine groups is 1. The highest BCUT2D eigenvalue weighted by Crippen LogP contribution is 2.24. The first-order valence-corrected chi connectivity index (χ1v) is 5.74. The molecule has 0 radical (unpaired) electrons. The molecule has 100 valence electrons. The third kappa shape index (κ3) is 5.17. The molecule has 0 spiro atoms. The maximum absolute atomic E-state index is 9.94. The van der Waals surface area contributed by atoms with Crippen molar-refractivity contribution < 1.29 is 9.94 Å². The maximum Gasteiger partial charge on any atom is 0.118 e. The molecule has 0 saturated carbocycles. The molecule has 0 aromatic heterocycles. The van der Waals surface area contributed by atoms with Crippen LogP contribution in [-0.4, -0.2) is 16.3 Å². The Bertz CT molecular complexity index is 393. The Kier molecular flexibility index (Phi) is 5.83. The van der Waals surface area contributed by atoms with Crippen LogP contribution in [0.1, 0.15) is 34.6 Å². The van der Waals surface area contributed by atoms with E-state index in [-0.39, 0.29) is 0 Å². The summed E-state index contributed by atoms with van der Waals surface area (Å²) in [6.45, 7) is 12.3. The van der Waals surface area contributed by atoms with Gasteiger partial charge in [0.25, 0.3) is 0 Å². The third-order valence-corrected chi connectivity index (χ3v) is 2.72. The molecule has 0 aliphatic rings. The van der Waals surface area contributed by atoms with Gasteiger partial charge in [0, 0.05) is 5.57 Å². The van der Waals surface area contributed by atoms with Gasteiger partial charge in [0.1, 0.15) is 5.60 Å². The monoisotopic (exact) mass is 250 g/mol. The van der Waals surface area contributed by atoms with Gasteiger partial charge in [-0.15, -0.1) is 0 Å². The van der Waals surface area contributed by atoms with E-state index in [1.54, 1.807) is 39.8 Å². The SMILES string of the molecule is C=C(C#N)/C=C(\C=C/C)NOC(C)(C)C(C)(C)O. The molecule has 0 unspecified atom stereocenters. The standard InChI is InChI=1S/C14H22N2O2/c1-7-8-12(9-11(2)10-15)16-18-14(5,6)13(3,4)17/h7-9,16-17H,2H2,1,3-6H3/b8-7-,12-9+. The molecule has 0 atom stereocenters. The van der Waals surface area contributed by atoms with Gasteiger partial charge in [-0.05, 0) is 46.8 Å². The molecule has 0 aliphatic carbocycles. The number of nitriles is 1. The zero-order valence-electron chi connectivity index (χ0n) is 11.7. The summed E-state index contributed by atoms with van der Waals surface area (Å²) in [5.41, 5.74) is 1.86. The average molecular weight is 250 g/mol. The highest BCUT2D eigenvalue weighted by Gasteiger charge is 2.37. The van der Waals surface area contributed by atoms with E-state index in [2.05, 4.69) is 12.1 Å². The molecule has 0 rings (SSSR count). The number of nitrogens with one attached hydrogen (secondary N) is 1. The Balaban J connectivity index is 4.81. The van der Waals surface area contributed by atoms with Gasteiger partial charge >= 0.3 is 0 Å². The molecule has 0 aliphatic heterocycles. The summed E-state index contributed by atoms with van der Waals surface area (Å²) >= 11 is 0. The Morgan fingerprint density at radius 3 is 2.33 bits per heavy atom. The number of hydrogen-bond acceptors (Lipinski definition) is 4. The molecular formula is C14H22N2O2. The molecule has 0 saturated heterocycles. The molecule has 4 nitrogen and oxygen atoms in total. The predicted molar refractivity (Wildman–Crippen MR) is 72.2 cm³/mol. The minimum absolute atomic E-state index is 0.320. The summed E-state index contributed by atoms with van der Waals surface area (Å²) in [5.74, 6) is 0. The first kappa shape index (κ1) is 16.4. The van der Waals surface area contributed by atoms with Crippen molar-refractivity contribution in [2.24, 2.45) is 0 Å². The summed E-state index contributed by atoms with van der Waals surface area (Å²) in [6, 6.07) is 1.93. The first-order valence-electron chi connectivity index (χ1n) is 5.74. The summed E-state index contributed by atoms with van der Waals surface area (Å²) in [6.07, 6.45) is 5.13. The molecule has 2 N–H and O–H groups in total. The minimum atomic E-state index is -1.01. The molecule has 0 aromatic rings. The van der Waals surface area contributed by atoms with Crippen LogP contribution in [0.4, 0.5) is 0 Å². The van der Waals surface area contributed by atoms with Crippen LogP contribution in [0.5, 0.6) is 0 Å². The van der Waals surface area contributed by atoms with Crippen molar-refractivity contribution >= 4 is 0 Å². The van der Waals surface area contributed by atoms with Crippen LogP contribution in [0, 0.1) is 11.3 Å². The van der Waals surface area contributed by atoms with Crippen molar-refractivity contribution in [1.82, 2.24) is 5.48 Å². The Morgan fingerprint density at radius 1 is 1.39 bits per heavy atom. The fraction of sp³-hybridized carbons (Fsp3) is 0.500. The summed E-state index contributed by atoms with van der Waals surface area (Å²) < 4.78 is 0.